The molecule has 2 aromatic heterocycles. The fraction of sp³-hybridized carbons (Fsp3) is 0.364. The number of nitrogens with zero attached hydrogens (tertiary/aromatic N) is 4. The molecule has 0 radical (unpaired) electrons. The highest BCUT2D eigenvalue weighted by molar-refractivity contribution is 7.09. The van der Waals surface area contributed by atoms with Crippen LogP contribution in [0.1, 0.15) is 17.7 Å². The largest absolute Gasteiger partial charge is 0.346 e. The second kappa shape index (κ2) is 4.99. The van der Waals surface area contributed by atoms with Crippen LogP contribution in [0.4, 0.5) is 5.82 Å². The van der Waals surface area contributed by atoms with Crippen molar-refractivity contribution in [2.24, 2.45) is 0 Å². The molecule has 1 aliphatic rings. The smallest absolute Gasteiger partial charge is 0.245 e. The van der Waals surface area contributed by atoms with Crippen molar-refractivity contribution in [3.63, 3.8) is 0 Å². The number of anilines is 1. The van der Waals surface area contributed by atoms with Gasteiger partial charge in [0.25, 0.3) is 0 Å². The van der Waals surface area contributed by atoms with Gasteiger partial charge in [0.1, 0.15) is 0 Å². The summed E-state index contributed by atoms with van der Waals surface area (Å²) in [6, 6.07) is 4.62. The average molecular weight is 301 g/mol. The van der Waals surface area contributed by atoms with Gasteiger partial charge in [-0.3, -0.25) is 0 Å². The van der Waals surface area contributed by atoms with Crippen molar-refractivity contribution in [3.05, 3.63) is 32.8 Å². The summed E-state index contributed by atoms with van der Waals surface area (Å²) in [6.45, 7) is 0.789. The van der Waals surface area contributed by atoms with Crippen molar-refractivity contribution in [1.29, 1.82) is 0 Å². The fourth-order valence-corrected chi connectivity index (χ4v) is 2.81. The first kappa shape index (κ1) is 12.1. The maximum Gasteiger partial charge on any atom is 0.245 e. The molecule has 7 heteroatoms. The summed E-state index contributed by atoms with van der Waals surface area (Å²) >= 11 is 13.6. The molecule has 0 amide bonds. The van der Waals surface area contributed by atoms with E-state index in [1.807, 2.05) is 6.07 Å². The zero-order chi connectivity index (χ0) is 12.5. The summed E-state index contributed by atoms with van der Waals surface area (Å²) in [7, 11) is 0. The Bertz CT molecular complexity index is 542. The third kappa shape index (κ3) is 2.58. The minimum Gasteiger partial charge on any atom is -0.346 e. The standard InChI is InChI=1S/C11H10Cl2N4S/c12-9-10(14-11(13)16-15-9)17(7-3-4-7)6-8-2-1-5-18-8/h1-2,5,7H,3-4,6H2. The molecule has 18 heavy (non-hydrogen) atoms. The Morgan fingerprint density at radius 2 is 2.17 bits per heavy atom. The van der Waals surface area contributed by atoms with E-state index in [0.717, 1.165) is 19.4 Å². The van der Waals surface area contributed by atoms with Crippen LogP contribution < -0.4 is 4.90 Å². The van der Waals surface area contributed by atoms with E-state index >= 15 is 0 Å². The fourth-order valence-electron chi connectivity index (χ4n) is 1.80. The lowest BCUT2D eigenvalue weighted by atomic mass is 10.4. The summed E-state index contributed by atoms with van der Waals surface area (Å²) in [5.41, 5.74) is 0. The molecule has 3 rings (SSSR count). The van der Waals surface area contributed by atoms with Crippen LogP contribution in [-0.4, -0.2) is 21.2 Å². The first-order valence-electron chi connectivity index (χ1n) is 5.59. The molecule has 1 aliphatic carbocycles. The molecule has 0 bridgehead atoms. The highest BCUT2D eigenvalue weighted by Gasteiger charge is 2.32. The number of thiophene rings is 1. The molecule has 4 nitrogen and oxygen atoms in total. The van der Waals surface area contributed by atoms with Gasteiger partial charge in [-0.05, 0) is 35.9 Å². The van der Waals surface area contributed by atoms with E-state index in [0.29, 0.717) is 17.0 Å². The summed E-state index contributed by atoms with van der Waals surface area (Å²) in [4.78, 5) is 7.64. The maximum atomic E-state index is 6.07. The zero-order valence-electron chi connectivity index (χ0n) is 9.38. The Labute approximate surface area is 119 Å². The SMILES string of the molecule is Clc1nnc(Cl)c(N(Cc2cccs2)C2CC2)n1. The summed E-state index contributed by atoms with van der Waals surface area (Å²) in [5, 5.41) is 9.97. The molecule has 0 aromatic carbocycles. The summed E-state index contributed by atoms with van der Waals surface area (Å²) < 4.78 is 0. The van der Waals surface area contributed by atoms with Crippen molar-refractivity contribution in [2.75, 3.05) is 4.90 Å². The quantitative estimate of drug-likeness (QED) is 0.868. The predicted octanol–water partition coefficient (Wildman–Crippen LogP) is 3.41. The van der Waals surface area contributed by atoms with Gasteiger partial charge < -0.3 is 4.90 Å². The van der Waals surface area contributed by atoms with Crippen molar-refractivity contribution in [3.8, 4) is 0 Å². The molecule has 0 atom stereocenters. The molecule has 0 aliphatic heterocycles. The molecular weight excluding hydrogens is 291 g/mol. The van der Waals surface area contributed by atoms with E-state index in [2.05, 4.69) is 31.5 Å². The highest BCUT2D eigenvalue weighted by atomic mass is 35.5. The van der Waals surface area contributed by atoms with Gasteiger partial charge >= 0.3 is 0 Å². The minimum absolute atomic E-state index is 0.131. The van der Waals surface area contributed by atoms with Crippen LogP contribution in [-0.2, 0) is 6.54 Å². The second-order valence-corrected chi connectivity index (χ2v) is 5.86. The molecule has 2 aromatic rings. The van der Waals surface area contributed by atoms with E-state index in [9.17, 15) is 0 Å². The Morgan fingerprint density at radius 3 is 2.83 bits per heavy atom. The Kier molecular flexibility index (Phi) is 3.37. The van der Waals surface area contributed by atoms with Crippen LogP contribution in [0.2, 0.25) is 10.4 Å². The van der Waals surface area contributed by atoms with E-state index in [1.165, 1.54) is 4.88 Å². The molecule has 0 unspecified atom stereocenters. The van der Waals surface area contributed by atoms with E-state index in [4.69, 9.17) is 23.2 Å². The van der Waals surface area contributed by atoms with Crippen molar-refractivity contribution < 1.29 is 0 Å². The molecule has 1 fully saturated rings. The lowest BCUT2D eigenvalue weighted by molar-refractivity contribution is 0.772. The van der Waals surface area contributed by atoms with E-state index in [-0.39, 0.29) is 5.28 Å². The summed E-state index contributed by atoms with van der Waals surface area (Å²) in [5.74, 6) is 0.632. The normalized spacial score (nSPS) is 14.8. The first-order chi connectivity index (χ1) is 8.74. The predicted molar refractivity (Wildman–Crippen MR) is 73.4 cm³/mol. The van der Waals surface area contributed by atoms with Gasteiger partial charge in [0.15, 0.2) is 11.0 Å². The molecule has 0 N–H and O–H groups in total. The number of hydrogen-bond acceptors (Lipinski definition) is 5. The number of hydrogen-bond donors (Lipinski definition) is 0. The third-order valence-corrected chi connectivity index (χ3v) is 4.03. The Balaban J connectivity index is 1.91. The Morgan fingerprint density at radius 1 is 1.33 bits per heavy atom. The van der Waals surface area contributed by atoms with Gasteiger partial charge in [-0.2, -0.15) is 4.98 Å². The van der Waals surface area contributed by atoms with Crippen LogP contribution >= 0.6 is 34.5 Å². The maximum absolute atomic E-state index is 6.07. The van der Waals surface area contributed by atoms with E-state index < -0.39 is 0 Å². The molecule has 1 saturated carbocycles. The van der Waals surface area contributed by atoms with Crippen LogP contribution in [0.3, 0.4) is 0 Å². The highest BCUT2D eigenvalue weighted by Crippen LogP contribution is 2.35. The van der Waals surface area contributed by atoms with Gasteiger partial charge in [0.05, 0.1) is 6.54 Å². The average Bonchev–Trinajstić information content (AvgIpc) is 3.07. The van der Waals surface area contributed by atoms with Crippen LogP contribution in [0, 0.1) is 0 Å². The van der Waals surface area contributed by atoms with Gasteiger partial charge in [-0.25, -0.2) is 0 Å². The van der Waals surface area contributed by atoms with Gasteiger partial charge in [-0.1, -0.05) is 17.7 Å². The topological polar surface area (TPSA) is 41.9 Å². The van der Waals surface area contributed by atoms with Gasteiger partial charge in [0.2, 0.25) is 5.28 Å². The van der Waals surface area contributed by atoms with E-state index in [1.54, 1.807) is 11.3 Å². The van der Waals surface area contributed by atoms with Crippen molar-refractivity contribution in [1.82, 2.24) is 15.2 Å². The molecular formula is C11H10Cl2N4S. The molecule has 0 spiro atoms. The van der Waals surface area contributed by atoms with Gasteiger partial charge in [0, 0.05) is 10.9 Å². The molecule has 94 valence electrons. The minimum atomic E-state index is 0.131. The Hall–Kier alpha value is -0.910. The van der Waals surface area contributed by atoms with Crippen LogP contribution in [0.5, 0.6) is 0 Å². The second-order valence-electron chi connectivity index (χ2n) is 4.13. The number of halogens is 2. The molecule has 2 heterocycles. The van der Waals surface area contributed by atoms with Crippen molar-refractivity contribution >= 4 is 40.4 Å². The summed E-state index contributed by atoms with van der Waals surface area (Å²) in [6.07, 6.45) is 2.31. The molecule has 0 saturated heterocycles. The third-order valence-electron chi connectivity index (χ3n) is 2.77. The lowest BCUT2D eigenvalue weighted by Crippen LogP contribution is -2.26. The van der Waals surface area contributed by atoms with Gasteiger partial charge in [-0.15, -0.1) is 21.5 Å². The number of aromatic nitrogens is 3. The van der Waals surface area contributed by atoms with Crippen LogP contribution in [0.25, 0.3) is 0 Å². The monoisotopic (exact) mass is 300 g/mol. The first-order valence-corrected chi connectivity index (χ1v) is 7.22. The van der Waals surface area contributed by atoms with Crippen molar-refractivity contribution in [2.45, 2.75) is 25.4 Å². The number of rotatable bonds is 4. The van der Waals surface area contributed by atoms with Crippen LogP contribution in [0.15, 0.2) is 17.5 Å². The zero-order valence-corrected chi connectivity index (χ0v) is 11.7. The lowest BCUT2D eigenvalue weighted by Gasteiger charge is -2.23.